The topological polar surface area (TPSA) is 64.4 Å². The number of fused-ring (bicyclic) bond motifs is 1. The maximum Gasteiger partial charge on any atom is 0.243 e. The second-order valence-electron chi connectivity index (χ2n) is 6.09. The Bertz CT molecular complexity index is 802. The van der Waals surface area contributed by atoms with Crippen molar-refractivity contribution in [2.24, 2.45) is 0 Å². The molecular weight excluding hydrogens is 314 g/mol. The Balaban J connectivity index is 1.62. The van der Waals surface area contributed by atoms with Gasteiger partial charge >= 0.3 is 0 Å². The third-order valence-corrected chi connectivity index (χ3v) is 6.55. The predicted octanol–water partition coefficient (Wildman–Crippen LogP) is 1.77. The number of hydrogen-bond acceptors (Lipinski definition) is 4. The molecule has 0 radical (unpaired) electrons. The summed E-state index contributed by atoms with van der Waals surface area (Å²) in [7, 11) is -3.47. The lowest BCUT2D eigenvalue weighted by Crippen LogP contribution is -2.37. The van der Waals surface area contributed by atoms with Gasteiger partial charge in [0.05, 0.1) is 24.4 Å². The first-order valence-corrected chi connectivity index (χ1v) is 9.26. The van der Waals surface area contributed by atoms with Crippen LogP contribution in [0.15, 0.2) is 41.8 Å². The largest absolute Gasteiger partial charge is 0.372 e. The molecule has 1 aromatic carbocycles. The van der Waals surface area contributed by atoms with E-state index in [-0.39, 0.29) is 6.04 Å². The second kappa shape index (κ2) is 5.74. The summed E-state index contributed by atoms with van der Waals surface area (Å²) in [6, 6.07) is 5.33. The van der Waals surface area contributed by atoms with Gasteiger partial charge in [-0.25, -0.2) is 13.4 Å². The third kappa shape index (κ3) is 2.69. The number of aromatic nitrogens is 2. The van der Waals surface area contributed by atoms with Crippen LogP contribution in [0.25, 0.3) is 0 Å². The molecule has 4 rings (SSSR count). The average molecular weight is 333 g/mol. The minimum atomic E-state index is -3.47. The van der Waals surface area contributed by atoms with Gasteiger partial charge in [0.2, 0.25) is 10.0 Å². The van der Waals surface area contributed by atoms with Gasteiger partial charge in [-0.15, -0.1) is 0 Å². The number of rotatable bonds is 4. The maximum atomic E-state index is 13.0. The zero-order valence-corrected chi connectivity index (χ0v) is 13.6. The lowest BCUT2D eigenvalue weighted by Gasteiger charge is -2.24. The van der Waals surface area contributed by atoms with E-state index >= 15 is 0 Å². The van der Waals surface area contributed by atoms with Gasteiger partial charge in [-0.2, -0.15) is 4.31 Å². The van der Waals surface area contributed by atoms with Gasteiger partial charge in [0.15, 0.2) is 0 Å². The molecule has 0 aliphatic carbocycles. The highest BCUT2D eigenvalue weighted by molar-refractivity contribution is 7.89. The summed E-state index contributed by atoms with van der Waals surface area (Å²) < 4.78 is 35.0. The van der Waals surface area contributed by atoms with Crippen LogP contribution in [0.5, 0.6) is 0 Å². The van der Waals surface area contributed by atoms with Crippen molar-refractivity contribution in [1.82, 2.24) is 13.9 Å². The van der Waals surface area contributed by atoms with Crippen molar-refractivity contribution in [2.45, 2.75) is 43.5 Å². The molecule has 1 aromatic heterocycles. The molecule has 23 heavy (non-hydrogen) atoms. The lowest BCUT2D eigenvalue weighted by molar-refractivity contribution is 0.134. The van der Waals surface area contributed by atoms with Crippen molar-refractivity contribution in [3.8, 4) is 0 Å². The average Bonchev–Trinajstić information content (AvgIpc) is 3.28. The summed E-state index contributed by atoms with van der Waals surface area (Å²) in [5.41, 5.74) is 2.07. The first kappa shape index (κ1) is 14.9. The molecule has 0 N–H and O–H groups in total. The second-order valence-corrected chi connectivity index (χ2v) is 7.99. The minimum Gasteiger partial charge on any atom is -0.372 e. The van der Waals surface area contributed by atoms with Gasteiger partial charge < -0.3 is 9.30 Å². The lowest BCUT2D eigenvalue weighted by atomic mass is 10.1. The van der Waals surface area contributed by atoms with E-state index in [1.54, 1.807) is 29.0 Å². The van der Waals surface area contributed by atoms with Crippen molar-refractivity contribution in [3.63, 3.8) is 0 Å². The standard InChI is InChI=1S/C16H19N3O3S/c20-23(21,16-4-3-13-10-22-11-14(13)8-16)19-6-1-2-15(19)9-18-7-5-17-12-18/h3-5,7-8,12,15H,1-2,6,9-11H2/t15-/m0/s1. The molecule has 0 bridgehead atoms. The fourth-order valence-corrected chi connectivity index (χ4v) is 5.13. The molecule has 2 aliphatic heterocycles. The van der Waals surface area contributed by atoms with E-state index < -0.39 is 10.0 Å². The summed E-state index contributed by atoms with van der Waals surface area (Å²) in [6.07, 6.45) is 7.10. The van der Waals surface area contributed by atoms with E-state index in [1.165, 1.54) is 0 Å². The van der Waals surface area contributed by atoms with E-state index in [9.17, 15) is 8.42 Å². The zero-order valence-electron chi connectivity index (χ0n) is 12.8. The molecule has 1 saturated heterocycles. The molecule has 6 nitrogen and oxygen atoms in total. The van der Waals surface area contributed by atoms with E-state index in [0.717, 1.165) is 24.0 Å². The monoisotopic (exact) mass is 333 g/mol. The highest BCUT2D eigenvalue weighted by Crippen LogP contribution is 2.29. The van der Waals surface area contributed by atoms with Crippen LogP contribution in [0.3, 0.4) is 0 Å². The number of ether oxygens (including phenoxy) is 1. The Morgan fingerprint density at radius 1 is 1.26 bits per heavy atom. The van der Waals surface area contributed by atoms with Gasteiger partial charge in [0.1, 0.15) is 0 Å². The Hall–Kier alpha value is -1.70. The molecular formula is C16H19N3O3S. The Morgan fingerprint density at radius 3 is 2.96 bits per heavy atom. The van der Waals surface area contributed by atoms with Crippen LogP contribution in [0.4, 0.5) is 0 Å². The molecule has 1 fully saturated rings. The smallest absolute Gasteiger partial charge is 0.243 e. The molecule has 2 aliphatic rings. The molecule has 0 unspecified atom stereocenters. The first-order valence-electron chi connectivity index (χ1n) is 7.82. The Kier molecular flexibility index (Phi) is 3.71. The van der Waals surface area contributed by atoms with Gasteiger partial charge in [0.25, 0.3) is 0 Å². The number of imidazole rings is 1. The first-order chi connectivity index (χ1) is 11.1. The maximum absolute atomic E-state index is 13.0. The van der Waals surface area contributed by atoms with Crippen molar-refractivity contribution in [1.29, 1.82) is 0 Å². The van der Waals surface area contributed by atoms with E-state index in [4.69, 9.17) is 4.74 Å². The van der Waals surface area contributed by atoms with Crippen molar-refractivity contribution in [2.75, 3.05) is 6.54 Å². The molecule has 0 saturated carbocycles. The summed E-state index contributed by atoms with van der Waals surface area (Å²) in [5.74, 6) is 0. The highest BCUT2D eigenvalue weighted by Gasteiger charge is 2.35. The zero-order chi connectivity index (χ0) is 15.9. The number of sulfonamides is 1. The predicted molar refractivity (Wildman–Crippen MR) is 84.1 cm³/mol. The summed E-state index contributed by atoms with van der Waals surface area (Å²) in [5, 5.41) is 0. The molecule has 0 spiro atoms. The number of hydrogen-bond donors (Lipinski definition) is 0. The SMILES string of the molecule is O=S(=O)(c1ccc2c(c1)COC2)N1CCC[C@H]1Cn1ccnc1. The third-order valence-electron chi connectivity index (χ3n) is 4.60. The summed E-state index contributed by atoms with van der Waals surface area (Å²) in [4.78, 5) is 4.40. The van der Waals surface area contributed by atoms with Crippen LogP contribution in [0.1, 0.15) is 24.0 Å². The van der Waals surface area contributed by atoms with Crippen molar-refractivity contribution >= 4 is 10.0 Å². The van der Waals surface area contributed by atoms with Crippen molar-refractivity contribution in [3.05, 3.63) is 48.0 Å². The van der Waals surface area contributed by atoms with Gasteiger partial charge in [-0.1, -0.05) is 6.07 Å². The summed E-state index contributed by atoms with van der Waals surface area (Å²) in [6.45, 7) is 2.29. The number of benzene rings is 1. The quantitative estimate of drug-likeness (QED) is 0.855. The molecule has 2 aromatic rings. The van der Waals surface area contributed by atoms with E-state index in [1.807, 2.05) is 16.8 Å². The van der Waals surface area contributed by atoms with E-state index in [0.29, 0.717) is 31.2 Å². The Morgan fingerprint density at radius 2 is 2.13 bits per heavy atom. The van der Waals surface area contributed by atoms with Crippen LogP contribution in [0.2, 0.25) is 0 Å². The van der Waals surface area contributed by atoms with Crippen LogP contribution in [-0.4, -0.2) is 34.9 Å². The molecule has 3 heterocycles. The molecule has 122 valence electrons. The number of nitrogens with zero attached hydrogens (tertiary/aromatic N) is 3. The van der Waals surface area contributed by atoms with Crippen LogP contribution < -0.4 is 0 Å². The van der Waals surface area contributed by atoms with Crippen molar-refractivity contribution < 1.29 is 13.2 Å². The Labute approximate surface area is 135 Å². The fraction of sp³-hybridized carbons (Fsp3) is 0.438. The highest BCUT2D eigenvalue weighted by atomic mass is 32.2. The molecule has 1 atom stereocenters. The van der Waals surface area contributed by atoms with Gasteiger partial charge in [-0.05, 0) is 36.1 Å². The van der Waals surface area contributed by atoms with Crippen LogP contribution in [-0.2, 0) is 34.5 Å². The van der Waals surface area contributed by atoms with Gasteiger partial charge in [0, 0.05) is 31.5 Å². The molecule has 7 heteroatoms. The van der Waals surface area contributed by atoms with Gasteiger partial charge in [-0.3, -0.25) is 0 Å². The molecule has 0 amide bonds. The minimum absolute atomic E-state index is 0.0151. The fourth-order valence-electron chi connectivity index (χ4n) is 3.39. The van der Waals surface area contributed by atoms with Crippen LogP contribution >= 0.6 is 0 Å². The summed E-state index contributed by atoms with van der Waals surface area (Å²) >= 11 is 0. The van der Waals surface area contributed by atoms with Crippen LogP contribution in [0, 0.1) is 0 Å². The van der Waals surface area contributed by atoms with E-state index in [2.05, 4.69) is 4.98 Å². The normalized spacial score (nSPS) is 21.7.